The fraction of sp³-hybridized carbons (Fsp3) is 0.407. The van der Waals surface area contributed by atoms with Crippen LogP contribution in [0.5, 0.6) is 0 Å². The average Bonchev–Trinajstić information content (AvgIpc) is 3.25. The zero-order valence-electron chi connectivity index (χ0n) is 20.5. The van der Waals surface area contributed by atoms with Gasteiger partial charge in [0.05, 0.1) is 5.69 Å². The SMILES string of the molecule is CC(=O)N1CCCCCCCN(Cc2cccnc2)Cc2cc(C(=O)Nc3nc(C)cs3)ccc21. The molecule has 0 atom stereocenters. The summed E-state index contributed by atoms with van der Waals surface area (Å²) < 4.78 is 0. The Hall–Kier alpha value is -3.10. The van der Waals surface area contributed by atoms with E-state index in [1.807, 2.05) is 47.7 Å². The van der Waals surface area contributed by atoms with E-state index in [4.69, 9.17) is 0 Å². The van der Waals surface area contributed by atoms with Gasteiger partial charge >= 0.3 is 0 Å². The van der Waals surface area contributed by atoms with E-state index < -0.39 is 0 Å². The minimum absolute atomic E-state index is 0.0255. The summed E-state index contributed by atoms with van der Waals surface area (Å²) in [5.74, 6) is -0.168. The van der Waals surface area contributed by atoms with E-state index in [-0.39, 0.29) is 11.8 Å². The molecule has 0 unspecified atom stereocenters. The molecular formula is C27H33N5O2S. The van der Waals surface area contributed by atoms with Gasteiger partial charge in [0.1, 0.15) is 0 Å². The summed E-state index contributed by atoms with van der Waals surface area (Å²) >= 11 is 1.41. The molecule has 2 amide bonds. The number of fused-ring (bicyclic) bond motifs is 1. The molecule has 8 heteroatoms. The number of carbonyl (C=O) groups excluding carboxylic acids is 2. The van der Waals surface area contributed by atoms with Gasteiger partial charge in [-0.05, 0) is 61.7 Å². The molecule has 0 saturated heterocycles. The molecule has 184 valence electrons. The van der Waals surface area contributed by atoms with Crippen molar-refractivity contribution in [2.45, 2.75) is 59.0 Å². The Morgan fingerprint density at radius 2 is 1.89 bits per heavy atom. The topological polar surface area (TPSA) is 78.4 Å². The van der Waals surface area contributed by atoms with Crippen LogP contribution in [0.2, 0.25) is 0 Å². The molecule has 0 aliphatic carbocycles. The Balaban J connectivity index is 1.66. The molecule has 2 aromatic heterocycles. The maximum Gasteiger partial charge on any atom is 0.257 e. The number of carbonyl (C=O) groups is 2. The van der Waals surface area contributed by atoms with Crippen LogP contribution < -0.4 is 10.2 Å². The smallest absolute Gasteiger partial charge is 0.257 e. The zero-order chi connectivity index (χ0) is 24.6. The molecule has 0 spiro atoms. The van der Waals surface area contributed by atoms with Crippen LogP contribution in [0.3, 0.4) is 0 Å². The first-order chi connectivity index (χ1) is 17.0. The number of hydrogen-bond donors (Lipinski definition) is 1. The number of aromatic nitrogens is 2. The lowest BCUT2D eigenvalue weighted by molar-refractivity contribution is -0.116. The van der Waals surface area contributed by atoms with Crippen molar-refractivity contribution in [2.24, 2.45) is 0 Å². The summed E-state index contributed by atoms with van der Waals surface area (Å²) in [6.07, 6.45) is 9.24. The number of anilines is 2. The molecule has 1 aliphatic rings. The van der Waals surface area contributed by atoms with Crippen molar-refractivity contribution in [2.75, 3.05) is 23.3 Å². The van der Waals surface area contributed by atoms with E-state index in [9.17, 15) is 9.59 Å². The quantitative estimate of drug-likeness (QED) is 0.527. The predicted molar refractivity (Wildman–Crippen MR) is 141 cm³/mol. The molecule has 0 bridgehead atoms. The number of thiazole rings is 1. The first-order valence-electron chi connectivity index (χ1n) is 12.3. The van der Waals surface area contributed by atoms with Gasteiger partial charge in [0, 0.05) is 55.6 Å². The predicted octanol–water partition coefficient (Wildman–Crippen LogP) is 5.42. The third-order valence-electron chi connectivity index (χ3n) is 6.23. The maximum atomic E-state index is 13.0. The molecule has 1 aliphatic heterocycles. The molecule has 4 rings (SSSR count). The standard InChI is InChI=1S/C27H33N5O2S/c1-20-19-35-27(29-20)30-26(34)23-10-11-25-24(15-23)18-31(17-22-9-8-12-28-16-22)13-6-4-3-5-7-14-32(25)21(2)33/h8-12,15-16,19H,3-7,13-14,17-18H2,1-2H3,(H,29,30,34). The summed E-state index contributed by atoms with van der Waals surface area (Å²) in [5, 5.41) is 5.40. The first kappa shape index (κ1) is 25.0. The van der Waals surface area contributed by atoms with Crippen LogP contribution in [0.4, 0.5) is 10.8 Å². The fourth-order valence-electron chi connectivity index (χ4n) is 4.49. The highest BCUT2D eigenvalue weighted by atomic mass is 32.1. The van der Waals surface area contributed by atoms with Gasteiger partial charge in [-0.25, -0.2) is 4.98 Å². The molecule has 0 fully saturated rings. The van der Waals surface area contributed by atoms with Crippen LogP contribution in [0.1, 0.15) is 66.2 Å². The molecule has 3 heterocycles. The number of rotatable bonds is 4. The largest absolute Gasteiger partial charge is 0.312 e. The van der Waals surface area contributed by atoms with Gasteiger partial charge in [0.25, 0.3) is 5.91 Å². The number of nitrogens with zero attached hydrogens (tertiary/aromatic N) is 4. The van der Waals surface area contributed by atoms with Gasteiger partial charge in [-0.3, -0.25) is 24.8 Å². The number of pyridine rings is 1. The summed E-state index contributed by atoms with van der Waals surface area (Å²) in [4.78, 5) is 38.5. The van der Waals surface area contributed by atoms with Gasteiger partial charge in [0.15, 0.2) is 5.13 Å². The Bertz CT molecular complexity index is 1150. The van der Waals surface area contributed by atoms with E-state index in [2.05, 4.69) is 26.3 Å². The van der Waals surface area contributed by atoms with Crippen LogP contribution >= 0.6 is 11.3 Å². The highest BCUT2D eigenvalue weighted by Crippen LogP contribution is 2.27. The van der Waals surface area contributed by atoms with Crippen molar-refractivity contribution in [3.8, 4) is 0 Å². The van der Waals surface area contributed by atoms with Crippen LogP contribution in [0, 0.1) is 6.92 Å². The van der Waals surface area contributed by atoms with Gasteiger partial charge in [-0.15, -0.1) is 11.3 Å². The number of hydrogen-bond acceptors (Lipinski definition) is 6. The summed E-state index contributed by atoms with van der Waals surface area (Å²) in [7, 11) is 0. The molecule has 7 nitrogen and oxygen atoms in total. The summed E-state index contributed by atoms with van der Waals surface area (Å²) in [6.45, 7) is 6.57. The van der Waals surface area contributed by atoms with Gasteiger partial charge < -0.3 is 4.90 Å². The second-order valence-corrected chi connectivity index (χ2v) is 9.96. The lowest BCUT2D eigenvalue weighted by Crippen LogP contribution is -2.32. The lowest BCUT2D eigenvalue weighted by atomic mass is 10.0. The first-order valence-corrected chi connectivity index (χ1v) is 13.1. The van der Waals surface area contributed by atoms with Gasteiger partial charge in [-0.1, -0.05) is 25.3 Å². The average molecular weight is 492 g/mol. The van der Waals surface area contributed by atoms with Crippen molar-refractivity contribution in [3.63, 3.8) is 0 Å². The van der Waals surface area contributed by atoms with Gasteiger partial charge in [0.2, 0.25) is 5.91 Å². The van der Waals surface area contributed by atoms with E-state index in [0.717, 1.165) is 54.9 Å². The highest BCUT2D eigenvalue weighted by Gasteiger charge is 2.20. The van der Waals surface area contributed by atoms with Crippen molar-refractivity contribution in [1.82, 2.24) is 14.9 Å². The molecule has 1 aromatic carbocycles. The number of amides is 2. The fourth-order valence-corrected chi connectivity index (χ4v) is 5.17. The third-order valence-corrected chi connectivity index (χ3v) is 7.11. The van der Waals surface area contributed by atoms with Crippen LogP contribution in [-0.2, 0) is 17.9 Å². The second-order valence-electron chi connectivity index (χ2n) is 9.10. The number of benzene rings is 1. The summed E-state index contributed by atoms with van der Waals surface area (Å²) in [6, 6.07) is 9.71. The molecule has 35 heavy (non-hydrogen) atoms. The Morgan fingerprint density at radius 3 is 2.60 bits per heavy atom. The minimum Gasteiger partial charge on any atom is -0.312 e. The molecule has 0 saturated carbocycles. The van der Waals surface area contributed by atoms with Crippen molar-refractivity contribution < 1.29 is 9.59 Å². The normalized spacial score (nSPS) is 15.5. The number of nitrogens with one attached hydrogen (secondary N) is 1. The van der Waals surface area contributed by atoms with E-state index >= 15 is 0 Å². The molecule has 3 aromatic rings. The Labute approximate surface area is 211 Å². The van der Waals surface area contributed by atoms with Crippen molar-refractivity contribution in [3.05, 3.63) is 70.5 Å². The van der Waals surface area contributed by atoms with Gasteiger partial charge in [-0.2, -0.15) is 0 Å². The van der Waals surface area contributed by atoms with E-state index in [0.29, 0.717) is 23.8 Å². The Morgan fingerprint density at radius 1 is 1.09 bits per heavy atom. The van der Waals surface area contributed by atoms with Crippen molar-refractivity contribution >= 4 is 34.0 Å². The monoisotopic (exact) mass is 491 g/mol. The zero-order valence-corrected chi connectivity index (χ0v) is 21.3. The summed E-state index contributed by atoms with van der Waals surface area (Å²) in [5.41, 5.74) is 4.46. The molecular weight excluding hydrogens is 458 g/mol. The molecule has 0 radical (unpaired) electrons. The van der Waals surface area contributed by atoms with Crippen LogP contribution in [0.25, 0.3) is 0 Å². The van der Waals surface area contributed by atoms with Crippen molar-refractivity contribution in [1.29, 1.82) is 0 Å². The van der Waals surface area contributed by atoms with Crippen LogP contribution in [0.15, 0.2) is 48.1 Å². The minimum atomic E-state index is -0.193. The van der Waals surface area contributed by atoms with E-state index in [1.54, 1.807) is 13.1 Å². The second kappa shape index (κ2) is 12.0. The number of aryl methyl sites for hydroxylation is 1. The molecule has 1 N–H and O–H groups in total. The lowest BCUT2D eigenvalue weighted by Gasteiger charge is -2.29. The third kappa shape index (κ3) is 6.96. The van der Waals surface area contributed by atoms with E-state index in [1.165, 1.54) is 24.2 Å². The maximum absolute atomic E-state index is 13.0. The highest BCUT2D eigenvalue weighted by molar-refractivity contribution is 7.13. The van der Waals surface area contributed by atoms with Crippen LogP contribution in [-0.4, -0.2) is 39.8 Å². The Kier molecular flexibility index (Phi) is 8.60.